The van der Waals surface area contributed by atoms with Gasteiger partial charge in [0.2, 0.25) is 0 Å². The molecular formula is C17H18N4OS2. The highest BCUT2D eigenvalue weighted by Gasteiger charge is 2.29. The fraction of sp³-hybridized carbons (Fsp3) is 0.353. The van der Waals surface area contributed by atoms with Crippen molar-refractivity contribution in [3.8, 4) is 11.3 Å². The summed E-state index contributed by atoms with van der Waals surface area (Å²) in [5.74, 6) is 0.0578. The molecule has 4 heterocycles. The lowest BCUT2D eigenvalue weighted by atomic mass is 10.2. The van der Waals surface area contributed by atoms with Crippen molar-refractivity contribution >= 4 is 34.5 Å². The molecule has 5 nitrogen and oxygen atoms in total. The molecular weight excluding hydrogens is 340 g/mol. The molecule has 3 aromatic rings. The number of carbonyl (C=O) groups is 1. The molecule has 3 aromatic heterocycles. The van der Waals surface area contributed by atoms with Gasteiger partial charge in [0.05, 0.1) is 17.4 Å². The van der Waals surface area contributed by atoms with E-state index in [-0.39, 0.29) is 5.91 Å². The van der Waals surface area contributed by atoms with Crippen LogP contribution in [0, 0.1) is 6.92 Å². The maximum absolute atomic E-state index is 12.8. The van der Waals surface area contributed by atoms with Crippen LogP contribution in [0.1, 0.15) is 21.1 Å². The van der Waals surface area contributed by atoms with Crippen molar-refractivity contribution in [2.24, 2.45) is 0 Å². The van der Waals surface area contributed by atoms with Crippen molar-refractivity contribution in [2.45, 2.75) is 18.6 Å². The molecule has 1 aliphatic heterocycles. The quantitative estimate of drug-likeness (QED) is 0.720. The van der Waals surface area contributed by atoms with Gasteiger partial charge in [-0.2, -0.15) is 16.9 Å². The lowest BCUT2D eigenvalue weighted by Gasteiger charge is -2.13. The van der Waals surface area contributed by atoms with Gasteiger partial charge in [0, 0.05) is 35.0 Å². The van der Waals surface area contributed by atoms with Crippen molar-refractivity contribution in [3.05, 3.63) is 40.5 Å². The number of amides is 1. The van der Waals surface area contributed by atoms with Crippen molar-refractivity contribution in [1.82, 2.24) is 19.5 Å². The summed E-state index contributed by atoms with van der Waals surface area (Å²) in [6.45, 7) is 3.67. The van der Waals surface area contributed by atoms with Gasteiger partial charge >= 0.3 is 0 Å². The summed E-state index contributed by atoms with van der Waals surface area (Å²) in [5.41, 5.74) is 2.85. The first-order valence-electron chi connectivity index (χ1n) is 7.89. The third kappa shape index (κ3) is 2.61. The summed E-state index contributed by atoms with van der Waals surface area (Å²) in [6, 6.07) is 5.95. The van der Waals surface area contributed by atoms with Crippen molar-refractivity contribution < 1.29 is 4.79 Å². The Balaban J connectivity index is 1.67. The van der Waals surface area contributed by atoms with Gasteiger partial charge in [-0.3, -0.25) is 4.79 Å². The second-order valence-corrected chi connectivity index (χ2v) is 8.25. The van der Waals surface area contributed by atoms with E-state index in [1.165, 1.54) is 11.3 Å². The Kier molecular flexibility index (Phi) is 4.05. The van der Waals surface area contributed by atoms with Crippen molar-refractivity contribution in [2.75, 3.05) is 19.3 Å². The fourth-order valence-electron chi connectivity index (χ4n) is 3.10. The predicted molar refractivity (Wildman–Crippen MR) is 98.9 cm³/mol. The minimum atomic E-state index is 0.0578. The normalized spacial score (nSPS) is 17.8. The Morgan fingerprint density at radius 1 is 1.42 bits per heavy atom. The summed E-state index contributed by atoms with van der Waals surface area (Å²) >= 11 is 3.31. The van der Waals surface area contributed by atoms with Gasteiger partial charge in [-0.15, -0.1) is 11.3 Å². The number of hydrogen-bond donors (Lipinski definition) is 0. The van der Waals surface area contributed by atoms with E-state index in [1.807, 2.05) is 58.7 Å². The van der Waals surface area contributed by atoms with Gasteiger partial charge in [-0.05, 0) is 31.7 Å². The fourth-order valence-corrected chi connectivity index (χ4v) is 4.66. The average Bonchev–Trinajstić information content (AvgIpc) is 3.31. The molecule has 0 aromatic carbocycles. The van der Waals surface area contributed by atoms with E-state index in [9.17, 15) is 4.79 Å². The summed E-state index contributed by atoms with van der Waals surface area (Å²) in [4.78, 5) is 20.4. The van der Waals surface area contributed by atoms with Gasteiger partial charge < -0.3 is 4.90 Å². The van der Waals surface area contributed by atoms with Crippen LogP contribution in [0.25, 0.3) is 16.8 Å². The molecule has 1 aliphatic rings. The molecule has 1 unspecified atom stereocenters. The van der Waals surface area contributed by atoms with Crippen LogP contribution in [0.2, 0.25) is 0 Å². The Hall–Kier alpha value is -1.86. The number of aryl methyl sites for hydroxylation is 1. The molecule has 124 valence electrons. The van der Waals surface area contributed by atoms with Crippen molar-refractivity contribution in [1.29, 1.82) is 0 Å². The molecule has 1 saturated heterocycles. The van der Waals surface area contributed by atoms with E-state index in [0.29, 0.717) is 10.3 Å². The van der Waals surface area contributed by atoms with Crippen LogP contribution in [-0.2, 0) is 0 Å². The predicted octanol–water partition coefficient (Wildman–Crippen LogP) is 3.34. The number of aromatic nitrogens is 3. The molecule has 0 spiro atoms. The zero-order valence-corrected chi connectivity index (χ0v) is 15.2. The Morgan fingerprint density at radius 2 is 2.29 bits per heavy atom. The number of rotatable bonds is 3. The van der Waals surface area contributed by atoms with E-state index in [2.05, 4.69) is 16.3 Å². The number of likely N-dealkylation sites (tertiary alicyclic amines) is 1. The number of fused-ring (bicyclic) bond motifs is 1. The largest absolute Gasteiger partial charge is 0.335 e. The minimum Gasteiger partial charge on any atom is -0.335 e. The summed E-state index contributed by atoms with van der Waals surface area (Å²) in [5, 5.41) is 5.50. The molecule has 1 fully saturated rings. The van der Waals surface area contributed by atoms with E-state index in [4.69, 9.17) is 0 Å². The maximum Gasteiger partial charge on any atom is 0.282 e. The number of pyridine rings is 1. The molecule has 24 heavy (non-hydrogen) atoms. The number of nitrogens with zero attached hydrogens (tertiary/aromatic N) is 4. The third-order valence-electron chi connectivity index (χ3n) is 4.43. The Bertz CT molecular complexity index is 901. The highest BCUT2D eigenvalue weighted by atomic mass is 32.2. The van der Waals surface area contributed by atoms with E-state index in [0.717, 1.165) is 41.2 Å². The average molecular weight is 358 g/mol. The maximum atomic E-state index is 12.8. The Morgan fingerprint density at radius 3 is 3.08 bits per heavy atom. The first kappa shape index (κ1) is 15.7. The first-order chi connectivity index (χ1) is 11.7. The number of thioether (sulfide) groups is 1. The molecule has 0 saturated carbocycles. The standard InChI is InChI=1S/C17H18N4OS2/c1-11-15(13-9-18-21-7-4-3-5-14(13)21)19-16(24-11)17(22)20-8-6-12(10-20)23-2/h3-5,7,9,12H,6,8,10H2,1-2H3. The summed E-state index contributed by atoms with van der Waals surface area (Å²) < 4.78 is 1.83. The van der Waals surface area contributed by atoms with E-state index >= 15 is 0 Å². The summed E-state index contributed by atoms with van der Waals surface area (Å²) in [7, 11) is 0. The summed E-state index contributed by atoms with van der Waals surface area (Å²) in [6.07, 6.45) is 6.91. The van der Waals surface area contributed by atoms with Crippen LogP contribution < -0.4 is 0 Å². The van der Waals surface area contributed by atoms with Crippen molar-refractivity contribution in [3.63, 3.8) is 0 Å². The molecule has 0 N–H and O–H groups in total. The Labute approximate surface area is 148 Å². The van der Waals surface area contributed by atoms with Crippen LogP contribution in [0.4, 0.5) is 0 Å². The van der Waals surface area contributed by atoms with Gasteiger partial charge in [-0.1, -0.05) is 6.07 Å². The van der Waals surface area contributed by atoms with Crippen LogP contribution >= 0.6 is 23.1 Å². The van der Waals surface area contributed by atoms with Crippen LogP contribution in [0.3, 0.4) is 0 Å². The number of carbonyl (C=O) groups excluding carboxylic acids is 1. The monoisotopic (exact) mass is 358 g/mol. The second-order valence-electron chi connectivity index (χ2n) is 5.91. The molecule has 0 bridgehead atoms. The smallest absolute Gasteiger partial charge is 0.282 e. The van der Waals surface area contributed by atoms with Gasteiger partial charge in [0.15, 0.2) is 5.01 Å². The molecule has 4 rings (SSSR count). The number of thiazole rings is 1. The molecule has 1 atom stereocenters. The lowest BCUT2D eigenvalue weighted by Crippen LogP contribution is -2.28. The SMILES string of the molecule is CSC1CCN(C(=O)c2nc(-c3cnn4ccccc34)c(C)s2)C1. The highest BCUT2D eigenvalue weighted by Crippen LogP contribution is 2.31. The van der Waals surface area contributed by atoms with Gasteiger partial charge in [-0.25, -0.2) is 9.50 Å². The van der Waals surface area contributed by atoms with Gasteiger partial charge in [0.25, 0.3) is 5.91 Å². The zero-order valence-electron chi connectivity index (χ0n) is 13.6. The van der Waals surface area contributed by atoms with Crippen LogP contribution in [0.5, 0.6) is 0 Å². The van der Waals surface area contributed by atoms with Gasteiger partial charge in [0.1, 0.15) is 0 Å². The molecule has 0 radical (unpaired) electrons. The molecule has 7 heteroatoms. The first-order valence-corrected chi connectivity index (χ1v) is 10.00. The van der Waals surface area contributed by atoms with Crippen LogP contribution in [0.15, 0.2) is 30.6 Å². The minimum absolute atomic E-state index is 0.0578. The zero-order chi connectivity index (χ0) is 16.7. The van der Waals surface area contributed by atoms with Crippen LogP contribution in [-0.4, -0.2) is 50.0 Å². The van der Waals surface area contributed by atoms with E-state index < -0.39 is 0 Å². The van der Waals surface area contributed by atoms with E-state index in [1.54, 1.807) is 0 Å². The third-order valence-corrected chi connectivity index (χ3v) is 6.44. The lowest BCUT2D eigenvalue weighted by molar-refractivity contribution is 0.0793. The second kappa shape index (κ2) is 6.22. The topological polar surface area (TPSA) is 50.5 Å². The molecule has 1 amide bonds. The molecule has 0 aliphatic carbocycles. The highest BCUT2D eigenvalue weighted by molar-refractivity contribution is 7.99. The number of hydrogen-bond acceptors (Lipinski definition) is 5.